The van der Waals surface area contributed by atoms with Crippen molar-refractivity contribution in [3.63, 3.8) is 0 Å². The normalized spacial score (nSPS) is 17.1. The van der Waals surface area contributed by atoms with Gasteiger partial charge in [0.25, 0.3) is 0 Å². The fraction of sp³-hybridized carbons (Fsp3) is 0.364. The van der Waals surface area contributed by atoms with E-state index in [1.165, 1.54) is 60.0 Å². The summed E-state index contributed by atoms with van der Waals surface area (Å²) in [4.78, 5) is 5.92. The molecule has 1 fully saturated rings. The SMILES string of the molecule is C=C(/C=c1/[nH]cc/c1=C(/C)N1CCCCC1)c1cc(C)ccc1C. The van der Waals surface area contributed by atoms with Gasteiger partial charge in [-0.2, -0.15) is 0 Å². The molecule has 2 aromatic rings. The fourth-order valence-corrected chi connectivity index (χ4v) is 3.55. The monoisotopic (exact) mass is 320 g/mol. The van der Waals surface area contributed by atoms with Crippen LogP contribution < -0.4 is 10.6 Å². The summed E-state index contributed by atoms with van der Waals surface area (Å²) >= 11 is 0. The van der Waals surface area contributed by atoms with E-state index in [1.54, 1.807) is 0 Å². The molecule has 3 rings (SSSR count). The molecule has 0 bridgehead atoms. The first kappa shape index (κ1) is 16.6. The average Bonchev–Trinajstić information content (AvgIpc) is 3.05. The number of hydrogen-bond donors (Lipinski definition) is 1. The van der Waals surface area contributed by atoms with E-state index in [1.807, 2.05) is 6.20 Å². The number of benzene rings is 1. The summed E-state index contributed by atoms with van der Waals surface area (Å²) in [6, 6.07) is 8.73. The van der Waals surface area contributed by atoms with Gasteiger partial charge in [-0.3, -0.25) is 0 Å². The Balaban J connectivity index is 2.01. The number of likely N-dealkylation sites (tertiary alicyclic amines) is 1. The fourth-order valence-electron chi connectivity index (χ4n) is 3.55. The van der Waals surface area contributed by atoms with E-state index in [9.17, 15) is 0 Å². The zero-order valence-corrected chi connectivity index (χ0v) is 15.2. The molecule has 0 spiro atoms. The van der Waals surface area contributed by atoms with Gasteiger partial charge in [-0.15, -0.1) is 0 Å². The van der Waals surface area contributed by atoms with Gasteiger partial charge in [0.2, 0.25) is 0 Å². The molecule has 2 heteroatoms. The summed E-state index contributed by atoms with van der Waals surface area (Å²) in [6.07, 6.45) is 8.18. The molecule has 0 amide bonds. The van der Waals surface area contributed by atoms with Gasteiger partial charge >= 0.3 is 0 Å². The molecule has 24 heavy (non-hydrogen) atoms. The summed E-state index contributed by atoms with van der Waals surface area (Å²) < 4.78 is 0. The molecule has 0 atom stereocenters. The predicted octanol–water partition coefficient (Wildman–Crippen LogP) is 3.74. The van der Waals surface area contributed by atoms with Crippen molar-refractivity contribution in [2.45, 2.75) is 40.0 Å². The molecular weight excluding hydrogens is 292 g/mol. The number of rotatable bonds is 3. The molecule has 1 N–H and O–H groups in total. The van der Waals surface area contributed by atoms with E-state index >= 15 is 0 Å². The number of piperidine rings is 1. The highest BCUT2D eigenvalue weighted by Gasteiger charge is 2.11. The third-order valence-electron chi connectivity index (χ3n) is 5.06. The van der Waals surface area contributed by atoms with Crippen LogP contribution in [-0.2, 0) is 0 Å². The maximum atomic E-state index is 4.32. The highest BCUT2D eigenvalue weighted by atomic mass is 15.1. The van der Waals surface area contributed by atoms with E-state index < -0.39 is 0 Å². The number of allylic oxidation sites excluding steroid dienone is 1. The second-order valence-corrected chi connectivity index (χ2v) is 6.93. The molecule has 126 valence electrons. The van der Waals surface area contributed by atoms with Gasteiger partial charge in [0, 0.05) is 35.6 Å². The first-order valence-corrected chi connectivity index (χ1v) is 8.94. The van der Waals surface area contributed by atoms with Gasteiger partial charge in [-0.05, 0) is 68.9 Å². The highest BCUT2D eigenvalue weighted by Crippen LogP contribution is 2.20. The number of aryl methyl sites for hydroxylation is 2. The lowest BCUT2D eigenvalue weighted by molar-refractivity contribution is 0.321. The topological polar surface area (TPSA) is 19.0 Å². The van der Waals surface area contributed by atoms with Crippen molar-refractivity contribution in [2.24, 2.45) is 0 Å². The van der Waals surface area contributed by atoms with E-state index in [0.717, 1.165) is 10.9 Å². The Morgan fingerprint density at radius 3 is 2.62 bits per heavy atom. The molecule has 2 heterocycles. The lowest BCUT2D eigenvalue weighted by atomic mass is 9.99. The molecule has 2 nitrogen and oxygen atoms in total. The summed E-state index contributed by atoms with van der Waals surface area (Å²) in [5.74, 6) is 0. The molecule has 1 aromatic carbocycles. The minimum Gasteiger partial charge on any atom is -0.375 e. The number of H-pyrrole nitrogens is 1. The Bertz CT molecular complexity index is 848. The van der Waals surface area contributed by atoms with Crippen LogP contribution in [-0.4, -0.2) is 23.0 Å². The van der Waals surface area contributed by atoms with Gasteiger partial charge < -0.3 is 9.88 Å². The van der Waals surface area contributed by atoms with E-state index in [0.29, 0.717) is 0 Å². The summed E-state index contributed by atoms with van der Waals surface area (Å²) in [5.41, 5.74) is 6.20. The Morgan fingerprint density at radius 2 is 1.88 bits per heavy atom. The van der Waals surface area contributed by atoms with Crippen molar-refractivity contribution in [3.8, 4) is 0 Å². The molecule has 0 aliphatic carbocycles. The largest absolute Gasteiger partial charge is 0.375 e. The number of nitrogens with one attached hydrogen (secondary N) is 1. The summed E-state index contributed by atoms with van der Waals surface area (Å²) in [6.45, 7) is 13.2. The lowest BCUT2D eigenvalue weighted by Gasteiger charge is -2.29. The van der Waals surface area contributed by atoms with Crippen LogP contribution in [0.15, 0.2) is 37.0 Å². The zero-order chi connectivity index (χ0) is 17.1. The molecule has 1 aliphatic rings. The molecular formula is C22H28N2. The van der Waals surface area contributed by atoms with E-state index in [-0.39, 0.29) is 0 Å². The minimum absolute atomic E-state index is 1.06. The second kappa shape index (κ2) is 7.12. The number of nitrogens with zero attached hydrogens (tertiary/aromatic N) is 1. The van der Waals surface area contributed by atoms with Crippen molar-refractivity contribution in [1.82, 2.24) is 9.88 Å². The van der Waals surface area contributed by atoms with E-state index in [2.05, 4.69) is 67.6 Å². The number of aromatic amines is 1. The quantitative estimate of drug-likeness (QED) is 0.913. The summed E-state index contributed by atoms with van der Waals surface area (Å²) in [5, 5.41) is 2.45. The van der Waals surface area contributed by atoms with Crippen LogP contribution in [0.4, 0.5) is 0 Å². The van der Waals surface area contributed by atoms with Gasteiger partial charge in [0.1, 0.15) is 0 Å². The highest BCUT2D eigenvalue weighted by molar-refractivity contribution is 5.88. The number of aromatic nitrogens is 1. The number of hydrogen-bond acceptors (Lipinski definition) is 1. The third kappa shape index (κ3) is 3.48. The summed E-state index contributed by atoms with van der Waals surface area (Å²) in [7, 11) is 0. The van der Waals surface area contributed by atoms with Crippen LogP contribution in [0.2, 0.25) is 0 Å². The third-order valence-corrected chi connectivity index (χ3v) is 5.06. The van der Waals surface area contributed by atoms with Gasteiger partial charge in [-0.25, -0.2) is 0 Å². The smallest absolute Gasteiger partial charge is 0.0477 e. The lowest BCUT2D eigenvalue weighted by Crippen LogP contribution is -2.35. The molecule has 0 unspecified atom stereocenters. The minimum atomic E-state index is 1.06. The van der Waals surface area contributed by atoms with Crippen LogP contribution in [0.25, 0.3) is 17.3 Å². The van der Waals surface area contributed by atoms with Gasteiger partial charge in [0.15, 0.2) is 0 Å². The maximum absolute atomic E-state index is 4.32. The first-order valence-electron chi connectivity index (χ1n) is 8.94. The molecule has 0 saturated carbocycles. The van der Waals surface area contributed by atoms with Crippen LogP contribution in [0.3, 0.4) is 0 Å². The van der Waals surface area contributed by atoms with E-state index in [4.69, 9.17) is 0 Å². The molecule has 1 aromatic heterocycles. The molecule has 1 saturated heterocycles. The average molecular weight is 320 g/mol. The Kier molecular flexibility index (Phi) is 4.94. The predicted molar refractivity (Wildman–Crippen MR) is 104 cm³/mol. The van der Waals surface area contributed by atoms with Crippen molar-refractivity contribution < 1.29 is 0 Å². The second-order valence-electron chi connectivity index (χ2n) is 6.93. The van der Waals surface area contributed by atoms with Crippen molar-refractivity contribution in [1.29, 1.82) is 0 Å². The van der Waals surface area contributed by atoms with Crippen LogP contribution in [0, 0.1) is 13.8 Å². The Hall–Kier alpha value is -2.22. The standard InChI is InChI=1S/C22H28N2/c1-16-8-9-17(2)21(14-16)18(3)15-22-20(10-11-23-22)19(4)24-12-6-5-7-13-24/h8-11,14-15,23H,3,5-7,12-13H2,1-2,4H3/b20-19+,22-15+. The van der Waals surface area contributed by atoms with Crippen LogP contribution in [0.1, 0.15) is 42.9 Å². The van der Waals surface area contributed by atoms with Crippen molar-refractivity contribution in [3.05, 3.63) is 64.3 Å². The Labute approximate surface area is 145 Å². The van der Waals surface area contributed by atoms with Crippen molar-refractivity contribution in [2.75, 3.05) is 13.1 Å². The maximum Gasteiger partial charge on any atom is 0.0477 e. The first-order chi connectivity index (χ1) is 11.6. The van der Waals surface area contributed by atoms with Crippen molar-refractivity contribution >= 4 is 17.3 Å². The Morgan fingerprint density at radius 1 is 1.12 bits per heavy atom. The molecule has 1 aliphatic heterocycles. The zero-order valence-electron chi connectivity index (χ0n) is 15.2. The van der Waals surface area contributed by atoms with Gasteiger partial charge in [0.05, 0.1) is 0 Å². The molecule has 0 radical (unpaired) electrons. The van der Waals surface area contributed by atoms with Crippen LogP contribution >= 0.6 is 0 Å². The van der Waals surface area contributed by atoms with Gasteiger partial charge in [-0.1, -0.05) is 30.3 Å². The van der Waals surface area contributed by atoms with Crippen LogP contribution in [0.5, 0.6) is 0 Å².